The van der Waals surface area contributed by atoms with Crippen LogP contribution in [0, 0.1) is 6.92 Å². The fourth-order valence-corrected chi connectivity index (χ4v) is 3.85. The average molecular weight is 487 g/mol. The van der Waals surface area contributed by atoms with E-state index in [0.29, 0.717) is 18.1 Å². The molecule has 1 N–H and O–H groups in total. The van der Waals surface area contributed by atoms with Gasteiger partial charge < -0.3 is 4.74 Å². The number of hydrogen-bond donors (Lipinski definition) is 1. The quantitative estimate of drug-likeness (QED) is 0.392. The van der Waals surface area contributed by atoms with Crippen LogP contribution >= 0.6 is 11.6 Å². The van der Waals surface area contributed by atoms with E-state index < -0.39 is 21.8 Å². The molecule has 1 aromatic heterocycles. The van der Waals surface area contributed by atoms with Crippen molar-refractivity contribution in [2.24, 2.45) is 5.10 Å². The van der Waals surface area contributed by atoms with Gasteiger partial charge in [-0.3, -0.25) is 0 Å². The molecular formula is C20H18ClF3N4O3S. The van der Waals surface area contributed by atoms with E-state index >= 15 is 0 Å². The van der Waals surface area contributed by atoms with E-state index in [4.69, 9.17) is 16.3 Å². The summed E-state index contributed by atoms with van der Waals surface area (Å²) in [6.45, 7) is 3.82. The number of ether oxygens (including phenoxy) is 1. The Balaban J connectivity index is 1.82. The van der Waals surface area contributed by atoms with Crippen LogP contribution in [0.3, 0.4) is 0 Å². The number of sulfonamides is 1. The molecule has 12 heteroatoms. The lowest BCUT2D eigenvalue weighted by Crippen LogP contribution is -2.18. The number of halogens is 4. The minimum absolute atomic E-state index is 0.0224. The van der Waals surface area contributed by atoms with E-state index in [2.05, 4.69) is 15.0 Å². The van der Waals surface area contributed by atoms with Crippen molar-refractivity contribution >= 4 is 27.8 Å². The predicted octanol–water partition coefficient (Wildman–Crippen LogP) is 4.56. The molecule has 0 aliphatic rings. The van der Waals surface area contributed by atoms with Gasteiger partial charge in [0, 0.05) is 0 Å². The highest BCUT2D eigenvalue weighted by Crippen LogP contribution is 2.31. The maximum atomic E-state index is 13.0. The average Bonchev–Trinajstić information content (AvgIpc) is 3.02. The molecule has 0 bridgehead atoms. The predicted molar refractivity (Wildman–Crippen MR) is 114 cm³/mol. The second kappa shape index (κ2) is 9.21. The first-order chi connectivity index (χ1) is 15.0. The van der Waals surface area contributed by atoms with Gasteiger partial charge in [-0.15, -0.1) is 0 Å². The van der Waals surface area contributed by atoms with Gasteiger partial charge in [0.25, 0.3) is 10.0 Å². The first-order valence-corrected chi connectivity index (χ1v) is 11.1. The Hall–Kier alpha value is -3.05. The Labute approximate surface area is 187 Å². The Kier molecular flexibility index (Phi) is 6.79. The summed E-state index contributed by atoms with van der Waals surface area (Å²) in [5.41, 5.74) is -0.157. The fourth-order valence-electron chi connectivity index (χ4n) is 2.74. The summed E-state index contributed by atoms with van der Waals surface area (Å²) in [6, 6.07) is 10.3. The van der Waals surface area contributed by atoms with Gasteiger partial charge in [0.2, 0.25) is 0 Å². The van der Waals surface area contributed by atoms with E-state index in [9.17, 15) is 21.6 Å². The summed E-state index contributed by atoms with van der Waals surface area (Å²) in [6.07, 6.45) is -3.38. The molecule has 0 fully saturated rings. The Morgan fingerprint density at radius 2 is 1.91 bits per heavy atom. The minimum Gasteiger partial charge on any atom is -0.494 e. The van der Waals surface area contributed by atoms with Gasteiger partial charge in [-0.25, -0.2) is 9.51 Å². The number of hydrazone groups is 1. The van der Waals surface area contributed by atoms with Crippen LogP contribution in [0.1, 0.15) is 23.7 Å². The third-order valence-corrected chi connectivity index (χ3v) is 5.88. The molecule has 0 amide bonds. The van der Waals surface area contributed by atoms with Gasteiger partial charge in [-0.2, -0.15) is 31.8 Å². The number of nitrogens with zero attached hydrogens (tertiary/aromatic N) is 3. The zero-order chi connectivity index (χ0) is 23.5. The molecule has 0 unspecified atom stereocenters. The first kappa shape index (κ1) is 23.6. The maximum Gasteiger partial charge on any atom is 0.416 e. The van der Waals surface area contributed by atoms with Crippen LogP contribution in [0.4, 0.5) is 13.2 Å². The molecule has 170 valence electrons. The van der Waals surface area contributed by atoms with Gasteiger partial charge in [0.15, 0.2) is 0 Å². The van der Waals surface area contributed by atoms with Crippen molar-refractivity contribution in [3.05, 3.63) is 70.5 Å². The maximum absolute atomic E-state index is 13.0. The zero-order valence-corrected chi connectivity index (χ0v) is 18.5. The summed E-state index contributed by atoms with van der Waals surface area (Å²) in [7, 11) is -3.95. The van der Waals surface area contributed by atoms with E-state index in [1.165, 1.54) is 36.4 Å². The smallest absolute Gasteiger partial charge is 0.416 e. The summed E-state index contributed by atoms with van der Waals surface area (Å²) < 4.78 is 70.2. The number of benzene rings is 2. The van der Waals surface area contributed by atoms with Crippen molar-refractivity contribution in [3.8, 4) is 11.4 Å². The lowest BCUT2D eigenvalue weighted by atomic mass is 10.2. The highest BCUT2D eigenvalue weighted by atomic mass is 35.5. The first-order valence-electron chi connectivity index (χ1n) is 9.23. The SMILES string of the molecule is CCOc1ccc(S(=O)(=O)NN=Cc2c(C)nn(-c3cccc(C(F)(F)F)c3)c2Cl)cc1. The lowest BCUT2D eigenvalue weighted by molar-refractivity contribution is -0.137. The summed E-state index contributed by atoms with van der Waals surface area (Å²) >= 11 is 6.28. The lowest BCUT2D eigenvalue weighted by Gasteiger charge is -2.09. The summed E-state index contributed by atoms with van der Waals surface area (Å²) in [5.74, 6) is 0.527. The molecule has 0 aliphatic heterocycles. The van der Waals surface area contributed by atoms with Gasteiger partial charge in [-0.05, 0) is 56.3 Å². The van der Waals surface area contributed by atoms with Gasteiger partial charge in [0.05, 0.1) is 40.2 Å². The minimum atomic E-state index is -4.52. The largest absolute Gasteiger partial charge is 0.494 e. The van der Waals surface area contributed by atoms with Crippen LogP contribution in [0.15, 0.2) is 58.5 Å². The van der Waals surface area contributed by atoms with Crippen LogP contribution < -0.4 is 9.57 Å². The van der Waals surface area contributed by atoms with Crippen molar-refractivity contribution in [1.29, 1.82) is 0 Å². The molecule has 0 radical (unpaired) electrons. The van der Waals surface area contributed by atoms with Crippen LogP contribution in [-0.4, -0.2) is 31.0 Å². The van der Waals surface area contributed by atoms with Crippen LogP contribution in [-0.2, 0) is 16.2 Å². The molecule has 0 saturated heterocycles. The number of aryl methyl sites for hydroxylation is 1. The van der Waals surface area contributed by atoms with E-state index in [1.54, 1.807) is 6.92 Å². The van der Waals surface area contributed by atoms with Crippen molar-refractivity contribution in [1.82, 2.24) is 14.6 Å². The number of hydrogen-bond acceptors (Lipinski definition) is 5. The highest BCUT2D eigenvalue weighted by molar-refractivity contribution is 7.89. The van der Waals surface area contributed by atoms with E-state index in [1.807, 2.05) is 6.92 Å². The summed E-state index contributed by atoms with van der Waals surface area (Å²) in [4.78, 5) is 2.04. The Bertz CT molecular complexity index is 1240. The van der Waals surface area contributed by atoms with Crippen molar-refractivity contribution < 1.29 is 26.3 Å². The van der Waals surface area contributed by atoms with Crippen molar-refractivity contribution in [3.63, 3.8) is 0 Å². The normalized spacial score (nSPS) is 12.3. The van der Waals surface area contributed by atoms with Crippen LogP contribution in [0.2, 0.25) is 5.15 Å². The molecule has 1 heterocycles. The second-order valence-corrected chi connectivity index (χ2v) is 8.53. The molecule has 3 rings (SSSR count). The molecule has 32 heavy (non-hydrogen) atoms. The monoisotopic (exact) mass is 486 g/mol. The van der Waals surface area contributed by atoms with Gasteiger partial charge >= 0.3 is 6.18 Å². The molecule has 0 atom stereocenters. The highest BCUT2D eigenvalue weighted by Gasteiger charge is 2.30. The third-order valence-electron chi connectivity index (χ3n) is 4.28. The molecule has 2 aromatic carbocycles. The topological polar surface area (TPSA) is 85.6 Å². The second-order valence-electron chi connectivity index (χ2n) is 6.51. The molecule has 7 nitrogen and oxygen atoms in total. The third kappa shape index (κ3) is 5.22. The fraction of sp³-hybridized carbons (Fsp3) is 0.200. The molecule has 3 aromatic rings. The standard InChI is InChI=1S/C20H18ClF3N4O3S/c1-3-31-16-7-9-17(10-8-16)32(29,30)27-25-12-18-13(2)26-28(19(18)21)15-6-4-5-14(11-15)20(22,23)24/h4-12,27H,3H2,1-2H3. The van der Waals surface area contributed by atoms with Crippen molar-refractivity contribution in [2.75, 3.05) is 6.61 Å². The molecular weight excluding hydrogens is 469 g/mol. The number of rotatable bonds is 7. The van der Waals surface area contributed by atoms with Crippen LogP contribution in [0.25, 0.3) is 5.69 Å². The zero-order valence-electron chi connectivity index (χ0n) is 16.9. The van der Waals surface area contributed by atoms with Crippen molar-refractivity contribution in [2.45, 2.75) is 24.9 Å². The molecule has 0 spiro atoms. The van der Waals surface area contributed by atoms with E-state index in [0.717, 1.165) is 23.0 Å². The van der Waals surface area contributed by atoms with Crippen LogP contribution in [0.5, 0.6) is 5.75 Å². The number of alkyl halides is 3. The molecule has 0 saturated carbocycles. The van der Waals surface area contributed by atoms with Gasteiger partial charge in [-0.1, -0.05) is 17.7 Å². The summed E-state index contributed by atoms with van der Waals surface area (Å²) in [5, 5.41) is 7.84. The Morgan fingerprint density at radius 3 is 2.53 bits per heavy atom. The Morgan fingerprint density at radius 1 is 1.22 bits per heavy atom. The van der Waals surface area contributed by atoms with E-state index in [-0.39, 0.29) is 21.3 Å². The number of nitrogens with one attached hydrogen (secondary N) is 1. The molecule has 0 aliphatic carbocycles. The number of aromatic nitrogens is 2. The van der Waals surface area contributed by atoms with Gasteiger partial charge in [0.1, 0.15) is 10.9 Å².